The van der Waals surface area contributed by atoms with E-state index in [0.717, 1.165) is 28.2 Å². The number of pyridine rings is 1. The third-order valence-corrected chi connectivity index (χ3v) is 4.80. The van der Waals surface area contributed by atoms with E-state index in [9.17, 15) is 5.11 Å². The molecule has 4 heteroatoms. The first-order valence-corrected chi connectivity index (χ1v) is 9.63. The Morgan fingerprint density at radius 3 is 2.17 bits per heavy atom. The fourth-order valence-corrected chi connectivity index (χ4v) is 3.29. The Bertz CT molecular complexity index is 1010. The average Bonchev–Trinajstić information content (AvgIpc) is 2.79. The standard InChI is InChI=1S/C25H23N3O/c29-24-16-7-4-12-20(24)18-27-21-13-5-6-14-22(21)28-25(19-10-2-1-3-11-19)23-15-8-9-17-26-23/h1-17,25,27-29H,18H2. The Morgan fingerprint density at radius 2 is 1.41 bits per heavy atom. The van der Waals surface area contributed by atoms with E-state index in [1.165, 1.54) is 0 Å². The molecule has 4 rings (SSSR count). The highest BCUT2D eigenvalue weighted by Crippen LogP contribution is 2.30. The first-order chi connectivity index (χ1) is 14.3. The first-order valence-electron chi connectivity index (χ1n) is 9.63. The van der Waals surface area contributed by atoms with Gasteiger partial charge in [-0.3, -0.25) is 4.98 Å². The number of aromatic nitrogens is 1. The summed E-state index contributed by atoms with van der Waals surface area (Å²) >= 11 is 0. The molecule has 1 aromatic heterocycles. The molecule has 1 unspecified atom stereocenters. The molecule has 0 amide bonds. The predicted octanol–water partition coefficient (Wildman–Crippen LogP) is 5.60. The minimum absolute atomic E-state index is 0.0783. The smallest absolute Gasteiger partial charge is 0.120 e. The summed E-state index contributed by atoms with van der Waals surface area (Å²) in [5, 5.41) is 17.1. The Labute approximate surface area is 170 Å². The molecule has 1 heterocycles. The maximum absolute atomic E-state index is 10.0. The van der Waals surface area contributed by atoms with Crippen molar-refractivity contribution in [3.63, 3.8) is 0 Å². The fourth-order valence-electron chi connectivity index (χ4n) is 3.29. The summed E-state index contributed by atoms with van der Waals surface area (Å²) < 4.78 is 0. The van der Waals surface area contributed by atoms with Gasteiger partial charge < -0.3 is 15.7 Å². The summed E-state index contributed by atoms with van der Waals surface area (Å²) in [6, 6.07) is 31.6. The molecule has 3 aromatic carbocycles. The van der Waals surface area contributed by atoms with Crippen LogP contribution in [0.25, 0.3) is 0 Å². The van der Waals surface area contributed by atoms with E-state index in [2.05, 4.69) is 27.8 Å². The molecule has 0 bridgehead atoms. The van der Waals surface area contributed by atoms with Gasteiger partial charge >= 0.3 is 0 Å². The Balaban J connectivity index is 1.61. The lowest BCUT2D eigenvalue weighted by molar-refractivity contribution is 0.469. The number of nitrogens with one attached hydrogen (secondary N) is 2. The lowest BCUT2D eigenvalue weighted by Gasteiger charge is -2.22. The highest BCUT2D eigenvalue weighted by atomic mass is 16.3. The molecule has 29 heavy (non-hydrogen) atoms. The minimum atomic E-state index is -0.0783. The molecule has 0 spiro atoms. The number of nitrogens with zero attached hydrogens (tertiary/aromatic N) is 1. The molecule has 4 aromatic rings. The van der Waals surface area contributed by atoms with Gasteiger partial charge in [0.15, 0.2) is 0 Å². The van der Waals surface area contributed by atoms with Crippen LogP contribution in [0.15, 0.2) is 103 Å². The number of phenols is 1. The van der Waals surface area contributed by atoms with Crippen molar-refractivity contribution in [3.8, 4) is 5.75 Å². The quantitative estimate of drug-likeness (QED) is 0.390. The van der Waals surface area contributed by atoms with Crippen LogP contribution in [0.1, 0.15) is 22.9 Å². The van der Waals surface area contributed by atoms with E-state index in [1.54, 1.807) is 6.07 Å². The molecule has 144 valence electrons. The monoisotopic (exact) mass is 381 g/mol. The van der Waals surface area contributed by atoms with Gasteiger partial charge in [0.05, 0.1) is 23.1 Å². The normalized spacial score (nSPS) is 11.6. The molecule has 1 atom stereocenters. The number of aromatic hydroxyl groups is 1. The number of hydrogen-bond donors (Lipinski definition) is 3. The summed E-state index contributed by atoms with van der Waals surface area (Å²) in [5.41, 5.74) is 4.89. The number of benzene rings is 3. The van der Waals surface area contributed by atoms with Crippen molar-refractivity contribution in [3.05, 3.63) is 120 Å². The van der Waals surface area contributed by atoms with Crippen LogP contribution in [0.2, 0.25) is 0 Å². The van der Waals surface area contributed by atoms with E-state index >= 15 is 0 Å². The van der Waals surface area contributed by atoms with Gasteiger partial charge in [0.1, 0.15) is 5.75 Å². The number of rotatable bonds is 7. The Morgan fingerprint density at radius 1 is 0.724 bits per heavy atom. The van der Waals surface area contributed by atoms with Crippen molar-refractivity contribution in [1.82, 2.24) is 4.98 Å². The average molecular weight is 381 g/mol. The van der Waals surface area contributed by atoms with Crippen LogP contribution >= 0.6 is 0 Å². The molecule has 4 nitrogen and oxygen atoms in total. The number of anilines is 2. The topological polar surface area (TPSA) is 57.2 Å². The van der Waals surface area contributed by atoms with Crippen LogP contribution in [-0.4, -0.2) is 10.1 Å². The van der Waals surface area contributed by atoms with Crippen molar-refractivity contribution in [2.75, 3.05) is 10.6 Å². The maximum atomic E-state index is 10.0. The summed E-state index contributed by atoms with van der Waals surface area (Å²) in [6.07, 6.45) is 1.81. The summed E-state index contributed by atoms with van der Waals surface area (Å²) in [5.74, 6) is 0.293. The van der Waals surface area contributed by atoms with Crippen molar-refractivity contribution >= 4 is 11.4 Å². The highest BCUT2D eigenvalue weighted by molar-refractivity contribution is 5.70. The highest BCUT2D eigenvalue weighted by Gasteiger charge is 2.16. The van der Waals surface area contributed by atoms with Gasteiger partial charge in [-0.2, -0.15) is 0 Å². The molecular weight excluding hydrogens is 358 g/mol. The lowest BCUT2D eigenvalue weighted by Crippen LogP contribution is -2.15. The van der Waals surface area contributed by atoms with E-state index in [-0.39, 0.29) is 6.04 Å². The van der Waals surface area contributed by atoms with E-state index in [1.807, 2.05) is 85.1 Å². The zero-order chi connectivity index (χ0) is 19.9. The Kier molecular flexibility index (Phi) is 5.72. The molecule has 0 saturated heterocycles. The summed E-state index contributed by atoms with van der Waals surface area (Å²) in [4.78, 5) is 4.57. The van der Waals surface area contributed by atoms with Crippen LogP contribution in [-0.2, 0) is 6.54 Å². The molecule has 3 N–H and O–H groups in total. The predicted molar refractivity (Wildman–Crippen MR) is 118 cm³/mol. The van der Waals surface area contributed by atoms with Gasteiger partial charge in [-0.05, 0) is 35.9 Å². The molecule has 0 saturated carbocycles. The van der Waals surface area contributed by atoms with Crippen LogP contribution in [0, 0.1) is 0 Å². The summed E-state index contributed by atoms with van der Waals surface area (Å²) in [7, 11) is 0. The third-order valence-electron chi connectivity index (χ3n) is 4.80. The van der Waals surface area contributed by atoms with Gasteiger partial charge in [0, 0.05) is 18.3 Å². The second-order valence-corrected chi connectivity index (χ2v) is 6.77. The molecule has 0 fully saturated rings. The summed E-state index contributed by atoms with van der Waals surface area (Å²) in [6.45, 7) is 0.533. The second kappa shape index (κ2) is 8.93. The van der Waals surface area contributed by atoms with Gasteiger partial charge in [-0.15, -0.1) is 0 Å². The van der Waals surface area contributed by atoms with Gasteiger partial charge in [0.25, 0.3) is 0 Å². The maximum Gasteiger partial charge on any atom is 0.120 e. The van der Waals surface area contributed by atoms with Crippen LogP contribution < -0.4 is 10.6 Å². The van der Waals surface area contributed by atoms with Crippen molar-refractivity contribution < 1.29 is 5.11 Å². The van der Waals surface area contributed by atoms with E-state index in [4.69, 9.17) is 0 Å². The third kappa shape index (κ3) is 4.55. The van der Waals surface area contributed by atoms with Crippen LogP contribution in [0.4, 0.5) is 11.4 Å². The van der Waals surface area contributed by atoms with Crippen molar-refractivity contribution in [2.45, 2.75) is 12.6 Å². The van der Waals surface area contributed by atoms with Crippen LogP contribution in [0.3, 0.4) is 0 Å². The van der Waals surface area contributed by atoms with E-state index < -0.39 is 0 Å². The van der Waals surface area contributed by atoms with Gasteiger partial charge in [-0.1, -0.05) is 66.7 Å². The first kappa shape index (κ1) is 18.6. The van der Waals surface area contributed by atoms with Crippen LogP contribution in [0.5, 0.6) is 5.75 Å². The molecular formula is C25H23N3O. The van der Waals surface area contributed by atoms with Crippen molar-refractivity contribution in [1.29, 1.82) is 0 Å². The molecule has 0 aliphatic heterocycles. The van der Waals surface area contributed by atoms with Gasteiger partial charge in [0.2, 0.25) is 0 Å². The molecule has 0 aliphatic carbocycles. The number of para-hydroxylation sites is 3. The van der Waals surface area contributed by atoms with Crippen molar-refractivity contribution in [2.24, 2.45) is 0 Å². The largest absolute Gasteiger partial charge is 0.508 e. The van der Waals surface area contributed by atoms with Gasteiger partial charge in [-0.25, -0.2) is 0 Å². The zero-order valence-electron chi connectivity index (χ0n) is 16.0. The fraction of sp³-hybridized carbons (Fsp3) is 0.0800. The molecule has 0 radical (unpaired) electrons. The number of hydrogen-bond acceptors (Lipinski definition) is 4. The zero-order valence-corrected chi connectivity index (χ0v) is 16.0. The van der Waals surface area contributed by atoms with E-state index in [0.29, 0.717) is 12.3 Å². The lowest BCUT2D eigenvalue weighted by atomic mass is 10.0. The second-order valence-electron chi connectivity index (χ2n) is 6.77. The number of phenolic OH excluding ortho intramolecular Hbond substituents is 1. The SMILES string of the molecule is Oc1ccccc1CNc1ccccc1NC(c1ccccc1)c1ccccn1. The molecule has 0 aliphatic rings. The Hall–Kier alpha value is -3.79. The minimum Gasteiger partial charge on any atom is -0.508 e.